The summed E-state index contributed by atoms with van der Waals surface area (Å²) in [6, 6.07) is 9.14. The maximum Gasteiger partial charge on any atom is 0.303 e. The van der Waals surface area contributed by atoms with Crippen LogP contribution in [0.5, 0.6) is 11.5 Å². The molecule has 0 aliphatic heterocycles. The Morgan fingerprint density at radius 1 is 1.26 bits per heavy atom. The van der Waals surface area contributed by atoms with E-state index in [1.165, 1.54) is 0 Å². The van der Waals surface area contributed by atoms with Crippen LogP contribution in [0, 0.1) is 6.92 Å². The Bertz CT molecular complexity index is 897. The van der Waals surface area contributed by atoms with E-state index in [4.69, 9.17) is 23.4 Å². The van der Waals surface area contributed by atoms with Crippen LogP contribution in [-0.4, -0.2) is 23.2 Å². The number of hydrogen-bond acceptors (Lipinski definition) is 6. The highest BCUT2D eigenvalue weighted by Crippen LogP contribution is 2.30. The summed E-state index contributed by atoms with van der Waals surface area (Å²) in [5.41, 5.74) is 1.67. The number of methoxy groups -OCH3 is 1. The zero-order valence-electron chi connectivity index (χ0n) is 15.2. The second-order valence-electron chi connectivity index (χ2n) is 6.02. The molecule has 0 saturated carbocycles. The molecule has 3 rings (SSSR count). The van der Waals surface area contributed by atoms with Crippen LogP contribution in [0.25, 0.3) is 11.7 Å². The molecule has 1 aromatic carbocycles. The van der Waals surface area contributed by atoms with Gasteiger partial charge >= 0.3 is 5.97 Å². The first-order valence-corrected chi connectivity index (χ1v) is 8.58. The van der Waals surface area contributed by atoms with Crippen molar-refractivity contribution >= 4 is 5.97 Å². The van der Waals surface area contributed by atoms with Gasteiger partial charge in [0, 0.05) is 6.42 Å². The number of carboxylic acid groups (broad SMARTS) is 1. The topological polar surface area (TPSA) is 94.9 Å². The lowest BCUT2D eigenvalue weighted by atomic mass is 10.1. The molecule has 2 heterocycles. The van der Waals surface area contributed by atoms with Crippen molar-refractivity contribution in [3.05, 3.63) is 53.6 Å². The number of nitrogens with zero attached hydrogens (tertiary/aromatic N) is 1. The van der Waals surface area contributed by atoms with Gasteiger partial charge in [0.2, 0.25) is 0 Å². The molecule has 2 aromatic heterocycles. The smallest absolute Gasteiger partial charge is 0.303 e. The van der Waals surface area contributed by atoms with Crippen LogP contribution in [0.1, 0.15) is 29.9 Å². The summed E-state index contributed by atoms with van der Waals surface area (Å²) >= 11 is 0. The fourth-order valence-corrected chi connectivity index (χ4v) is 2.64. The van der Waals surface area contributed by atoms with Crippen LogP contribution in [-0.2, 0) is 17.8 Å². The fraction of sp³-hybridized carbons (Fsp3) is 0.300. The first kappa shape index (κ1) is 18.6. The average Bonchev–Trinajstić information content (AvgIpc) is 3.30. The van der Waals surface area contributed by atoms with E-state index in [2.05, 4.69) is 4.98 Å². The van der Waals surface area contributed by atoms with E-state index in [0.29, 0.717) is 47.4 Å². The molecule has 0 radical (unpaired) electrons. The third-order valence-electron chi connectivity index (χ3n) is 4.07. The molecule has 3 aromatic rings. The highest BCUT2D eigenvalue weighted by atomic mass is 16.5. The van der Waals surface area contributed by atoms with Crippen molar-refractivity contribution in [1.29, 1.82) is 0 Å². The molecule has 0 bridgehead atoms. The minimum absolute atomic E-state index is 0.143. The van der Waals surface area contributed by atoms with E-state index in [0.717, 1.165) is 5.56 Å². The quantitative estimate of drug-likeness (QED) is 0.601. The SMILES string of the molecule is COc1cc(CCCC(=O)O)ccc1OCc1nc(-c2ccco2)oc1C. The summed E-state index contributed by atoms with van der Waals surface area (Å²) in [6.07, 6.45) is 2.95. The highest BCUT2D eigenvalue weighted by Gasteiger charge is 2.15. The predicted molar refractivity (Wildman–Crippen MR) is 96.8 cm³/mol. The van der Waals surface area contributed by atoms with Gasteiger partial charge in [0.15, 0.2) is 17.3 Å². The summed E-state index contributed by atoms with van der Waals surface area (Å²) in [5, 5.41) is 8.73. The standard InChI is InChI=1S/C20H21NO6/c1-13-15(21-20(27-13)17-6-4-10-25-17)12-26-16-9-8-14(11-18(16)24-2)5-3-7-19(22)23/h4,6,8-11H,3,5,7,12H2,1-2H3,(H,22,23). The number of rotatable bonds is 9. The number of oxazole rings is 1. The first-order chi connectivity index (χ1) is 13.1. The molecule has 142 valence electrons. The number of benzene rings is 1. The molecule has 0 unspecified atom stereocenters. The van der Waals surface area contributed by atoms with E-state index < -0.39 is 5.97 Å². The van der Waals surface area contributed by atoms with Gasteiger partial charge in [-0.2, -0.15) is 0 Å². The van der Waals surface area contributed by atoms with Gasteiger partial charge in [0.05, 0.1) is 13.4 Å². The van der Waals surface area contributed by atoms with Crippen molar-refractivity contribution in [2.75, 3.05) is 7.11 Å². The minimum Gasteiger partial charge on any atom is -0.493 e. The van der Waals surface area contributed by atoms with Crippen LogP contribution in [0.4, 0.5) is 0 Å². The molecule has 0 fully saturated rings. The van der Waals surface area contributed by atoms with Gasteiger partial charge in [-0.3, -0.25) is 4.79 Å². The third kappa shape index (κ3) is 4.69. The van der Waals surface area contributed by atoms with Gasteiger partial charge in [-0.05, 0) is 49.6 Å². The van der Waals surface area contributed by atoms with E-state index in [-0.39, 0.29) is 13.0 Å². The zero-order chi connectivity index (χ0) is 19.2. The van der Waals surface area contributed by atoms with E-state index >= 15 is 0 Å². The van der Waals surface area contributed by atoms with Gasteiger partial charge in [-0.15, -0.1) is 0 Å². The Kier molecular flexibility index (Phi) is 5.80. The van der Waals surface area contributed by atoms with Crippen molar-refractivity contribution in [3.8, 4) is 23.1 Å². The van der Waals surface area contributed by atoms with Crippen LogP contribution >= 0.6 is 0 Å². The average molecular weight is 371 g/mol. The predicted octanol–water partition coefficient (Wildman–Crippen LogP) is 4.24. The summed E-state index contributed by atoms with van der Waals surface area (Å²) in [7, 11) is 1.57. The maximum atomic E-state index is 10.6. The molecule has 0 saturated heterocycles. The Labute approximate surface area is 156 Å². The number of aliphatic carboxylic acids is 1. The zero-order valence-corrected chi connectivity index (χ0v) is 15.2. The summed E-state index contributed by atoms with van der Waals surface area (Å²) in [6.45, 7) is 2.05. The third-order valence-corrected chi connectivity index (χ3v) is 4.07. The molecule has 0 spiro atoms. The molecule has 0 atom stereocenters. The molecular formula is C20H21NO6. The maximum absolute atomic E-state index is 10.6. The Morgan fingerprint density at radius 2 is 2.11 bits per heavy atom. The molecule has 0 amide bonds. The minimum atomic E-state index is -0.793. The molecule has 7 nitrogen and oxygen atoms in total. The summed E-state index contributed by atoms with van der Waals surface area (Å²) in [4.78, 5) is 15.0. The van der Waals surface area contributed by atoms with Crippen LogP contribution in [0.3, 0.4) is 0 Å². The van der Waals surface area contributed by atoms with Crippen molar-refractivity contribution in [3.63, 3.8) is 0 Å². The van der Waals surface area contributed by atoms with Crippen LogP contribution < -0.4 is 9.47 Å². The fourth-order valence-electron chi connectivity index (χ4n) is 2.64. The van der Waals surface area contributed by atoms with E-state index in [1.807, 2.05) is 25.1 Å². The largest absolute Gasteiger partial charge is 0.493 e. The normalized spacial score (nSPS) is 10.7. The first-order valence-electron chi connectivity index (χ1n) is 8.58. The van der Waals surface area contributed by atoms with E-state index in [1.54, 1.807) is 25.5 Å². The number of aryl methyl sites for hydroxylation is 2. The highest BCUT2D eigenvalue weighted by molar-refractivity contribution is 5.66. The van der Waals surface area contributed by atoms with Crippen molar-refractivity contribution in [2.24, 2.45) is 0 Å². The number of carbonyl (C=O) groups is 1. The second kappa shape index (κ2) is 8.44. The van der Waals surface area contributed by atoms with Crippen LogP contribution in [0.15, 0.2) is 45.4 Å². The van der Waals surface area contributed by atoms with Gasteiger partial charge in [0.25, 0.3) is 5.89 Å². The second-order valence-corrected chi connectivity index (χ2v) is 6.02. The monoisotopic (exact) mass is 371 g/mol. The number of furan rings is 1. The lowest BCUT2D eigenvalue weighted by Crippen LogP contribution is -2.00. The lowest BCUT2D eigenvalue weighted by molar-refractivity contribution is -0.137. The van der Waals surface area contributed by atoms with Gasteiger partial charge in [-0.1, -0.05) is 6.07 Å². The number of ether oxygens (including phenoxy) is 2. The number of aromatic nitrogens is 1. The van der Waals surface area contributed by atoms with Gasteiger partial charge < -0.3 is 23.4 Å². The Balaban J connectivity index is 1.66. The van der Waals surface area contributed by atoms with E-state index in [9.17, 15) is 4.79 Å². The lowest BCUT2D eigenvalue weighted by Gasteiger charge is -2.11. The summed E-state index contributed by atoms with van der Waals surface area (Å²) < 4.78 is 22.2. The summed E-state index contributed by atoms with van der Waals surface area (Å²) in [5.74, 6) is 2.02. The Morgan fingerprint density at radius 3 is 2.81 bits per heavy atom. The van der Waals surface area contributed by atoms with Crippen molar-refractivity contribution in [1.82, 2.24) is 4.98 Å². The van der Waals surface area contributed by atoms with Crippen molar-refractivity contribution < 1.29 is 28.2 Å². The Hall–Kier alpha value is -3.22. The van der Waals surface area contributed by atoms with Crippen LogP contribution in [0.2, 0.25) is 0 Å². The number of carboxylic acids is 1. The number of hydrogen-bond donors (Lipinski definition) is 1. The van der Waals surface area contributed by atoms with Gasteiger partial charge in [0.1, 0.15) is 18.1 Å². The molecule has 27 heavy (non-hydrogen) atoms. The molecule has 0 aliphatic rings. The molecule has 1 N–H and O–H groups in total. The van der Waals surface area contributed by atoms with Gasteiger partial charge in [-0.25, -0.2) is 4.98 Å². The molecular weight excluding hydrogens is 350 g/mol. The molecule has 7 heteroatoms. The van der Waals surface area contributed by atoms with Crippen molar-refractivity contribution in [2.45, 2.75) is 32.8 Å². The molecule has 0 aliphatic carbocycles.